The van der Waals surface area contributed by atoms with E-state index in [-0.39, 0.29) is 5.16 Å². The Hall–Kier alpha value is -1.37. The summed E-state index contributed by atoms with van der Waals surface area (Å²) in [6, 6.07) is 30.7. The Morgan fingerprint density at radius 2 is 1.09 bits per heavy atom. The minimum absolute atomic E-state index is 0.0728. The SMILES string of the molecule is CC(C)(c1cccc[c]1[Ge])P(c1ccccc1)c1ccccc1. The molecule has 3 radical (unpaired) electrons. The molecular formula is C21H20GeP. The van der Waals surface area contributed by atoms with Crippen LogP contribution in [0.25, 0.3) is 0 Å². The maximum atomic E-state index is 2.39. The molecule has 3 aromatic rings. The topological polar surface area (TPSA) is 0 Å². The normalized spacial score (nSPS) is 11.7. The fraction of sp³-hybridized carbons (Fsp3) is 0.143. The van der Waals surface area contributed by atoms with Gasteiger partial charge in [0.25, 0.3) is 0 Å². The third-order valence-corrected chi connectivity index (χ3v) is 8.08. The molecule has 23 heavy (non-hydrogen) atoms. The van der Waals surface area contributed by atoms with Crippen LogP contribution in [0.15, 0.2) is 84.9 Å². The van der Waals surface area contributed by atoms with Crippen LogP contribution in [0.1, 0.15) is 19.4 Å². The van der Waals surface area contributed by atoms with Crippen LogP contribution in [0.2, 0.25) is 0 Å². The van der Waals surface area contributed by atoms with Crippen molar-refractivity contribution >= 4 is 39.4 Å². The van der Waals surface area contributed by atoms with Gasteiger partial charge < -0.3 is 0 Å². The molecule has 0 heterocycles. The first kappa shape index (κ1) is 16.5. The fourth-order valence-electron chi connectivity index (χ4n) is 3.09. The van der Waals surface area contributed by atoms with Gasteiger partial charge in [0.2, 0.25) is 0 Å². The minimum atomic E-state index is -0.487. The Labute approximate surface area is 148 Å². The summed E-state index contributed by atoms with van der Waals surface area (Å²) in [5.74, 6) is 0. The van der Waals surface area contributed by atoms with E-state index >= 15 is 0 Å². The molecule has 0 N–H and O–H groups in total. The summed E-state index contributed by atoms with van der Waals surface area (Å²) < 4.78 is 1.37. The van der Waals surface area contributed by atoms with E-state index in [0.717, 1.165) is 0 Å². The predicted molar refractivity (Wildman–Crippen MR) is 104 cm³/mol. The van der Waals surface area contributed by atoms with Gasteiger partial charge in [-0.2, -0.15) is 0 Å². The van der Waals surface area contributed by atoms with E-state index in [1.54, 1.807) is 0 Å². The second-order valence-corrected chi connectivity index (χ2v) is 10.1. The molecule has 0 saturated carbocycles. The van der Waals surface area contributed by atoms with Crippen LogP contribution in [0.4, 0.5) is 0 Å². The number of hydrogen-bond acceptors (Lipinski definition) is 0. The first-order valence-electron chi connectivity index (χ1n) is 7.82. The van der Waals surface area contributed by atoms with Gasteiger partial charge in [0.1, 0.15) is 0 Å². The first-order valence-corrected chi connectivity index (χ1v) is 10.2. The van der Waals surface area contributed by atoms with E-state index in [9.17, 15) is 0 Å². The molecule has 113 valence electrons. The Morgan fingerprint density at radius 3 is 1.57 bits per heavy atom. The molecule has 0 fully saturated rings. The van der Waals surface area contributed by atoms with Gasteiger partial charge in [0.15, 0.2) is 0 Å². The molecule has 0 unspecified atom stereocenters. The molecule has 0 bridgehead atoms. The van der Waals surface area contributed by atoms with Gasteiger partial charge in [-0.3, -0.25) is 0 Å². The van der Waals surface area contributed by atoms with Crippen molar-refractivity contribution in [2.45, 2.75) is 19.0 Å². The van der Waals surface area contributed by atoms with Crippen molar-refractivity contribution in [3.8, 4) is 0 Å². The van der Waals surface area contributed by atoms with Gasteiger partial charge in [-0.05, 0) is 0 Å². The molecule has 0 aliphatic heterocycles. The van der Waals surface area contributed by atoms with Crippen molar-refractivity contribution in [1.29, 1.82) is 0 Å². The van der Waals surface area contributed by atoms with E-state index in [1.807, 2.05) is 0 Å². The van der Waals surface area contributed by atoms with E-state index < -0.39 is 7.92 Å². The summed E-state index contributed by atoms with van der Waals surface area (Å²) in [5.41, 5.74) is 1.44. The third-order valence-electron chi connectivity index (χ3n) is 4.17. The molecule has 3 aromatic carbocycles. The van der Waals surface area contributed by atoms with Crippen molar-refractivity contribution < 1.29 is 0 Å². The quantitative estimate of drug-likeness (QED) is 0.480. The molecule has 2 heteroatoms. The predicted octanol–water partition coefficient (Wildman–Crippen LogP) is 3.85. The summed E-state index contributed by atoms with van der Waals surface area (Å²) in [7, 11) is -0.487. The van der Waals surface area contributed by atoms with E-state index in [4.69, 9.17) is 0 Å². The fourth-order valence-corrected chi connectivity index (χ4v) is 7.30. The molecule has 0 aliphatic rings. The average Bonchev–Trinajstić information content (AvgIpc) is 2.57. The molecule has 0 aromatic heterocycles. The van der Waals surface area contributed by atoms with E-state index in [0.29, 0.717) is 0 Å². The molecule has 0 spiro atoms. The zero-order valence-electron chi connectivity index (χ0n) is 13.5. The van der Waals surface area contributed by atoms with Gasteiger partial charge in [0, 0.05) is 0 Å². The van der Waals surface area contributed by atoms with Crippen LogP contribution in [-0.4, -0.2) is 16.5 Å². The van der Waals surface area contributed by atoms with Crippen molar-refractivity contribution in [2.24, 2.45) is 0 Å². The number of hydrogen-bond donors (Lipinski definition) is 0. The molecule has 0 atom stereocenters. The van der Waals surface area contributed by atoms with Crippen molar-refractivity contribution in [3.05, 3.63) is 90.5 Å². The van der Waals surface area contributed by atoms with Gasteiger partial charge >= 0.3 is 149 Å². The van der Waals surface area contributed by atoms with Crippen LogP contribution in [0.3, 0.4) is 0 Å². The molecule has 0 saturated heterocycles. The monoisotopic (exact) mass is 377 g/mol. The zero-order valence-corrected chi connectivity index (χ0v) is 16.5. The van der Waals surface area contributed by atoms with Gasteiger partial charge in [-0.15, -0.1) is 0 Å². The van der Waals surface area contributed by atoms with E-state index in [1.165, 1.54) is 20.6 Å². The van der Waals surface area contributed by atoms with Crippen LogP contribution in [0, 0.1) is 0 Å². The van der Waals surface area contributed by atoms with Crippen molar-refractivity contribution in [1.82, 2.24) is 0 Å². The van der Waals surface area contributed by atoms with Crippen LogP contribution >= 0.6 is 7.92 Å². The third kappa shape index (κ3) is 3.44. The molecule has 0 nitrogen and oxygen atoms in total. The van der Waals surface area contributed by atoms with Crippen molar-refractivity contribution in [3.63, 3.8) is 0 Å². The summed E-state index contributed by atoms with van der Waals surface area (Å²) >= 11 is 2.22. The number of benzene rings is 3. The first-order chi connectivity index (χ1) is 11.1. The van der Waals surface area contributed by atoms with Crippen LogP contribution < -0.4 is 15.0 Å². The Bertz CT molecular complexity index is 727. The molecular weight excluding hydrogens is 356 g/mol. The Balaban J connectivity index is 2.18. The second-order valence-electron chi connectivity index (χ2n) is 6.11. The molecule has 3 rings (SSSR count). The molecule has 0 amide bonds. The van der Waals surface area contributed by atoms with Gasteiger partial charge in [-0.25, -0.2) is 0 Å². The zero-order chi connectivity index (χ0) is 16.3. The van der Waals surface area contributed by atoms with E-state index in [2.05, 4.69) is 115 Å². The number of rotatable bonds is 4. The van der Waals surface area contributed by atoms with Gasteiger partial charge in [0.05, 0.1) is 0 Å². The van der Waals surface area contributed by atoms with Gasteiger partial charge in [-0.1, -0.05) is 0 Å². The summed E-state index contributed by atoms with van der Waals surface area (Å²) in [5, 5.41) is 2.94. The van der Waals surface area contributed by atoms with Crippen molar-refractivity contribution in [2.75, 3.05) is 0 Å². The maximum absolute atomic E-state index is 2.39. The van der Waals surface area contributed by atoms with Crippen LogP contribution in [0.5, 0.6) is 0 Å². The molecule has 0 aliphatic carbocycles. The summed E-state index contributed by atoms with van der Waals surface area (Å²) in [4.78, 5) is 0. The standard InChI is InChI=1S/C21H20GeP/c1-21(2,19-15-9-10-16-20(19)22)23(17-11-5-3-6-12-17)18-13-7-4-8-14-18/h3-16H,1-2H3. The Kier molecular flexibility index (Phi) is 5.04. The summed E-state index contributed by atoms with van der Waals surface area (Å²) in [6.45, 7) is 4.78. The van der Waals surface area contributed by atoms with Crippen LogP contribution in [-0.2, 0) is 5.16 Å². The average molecular weight is 376 g/mol. The Morgan fingerprint density at radius 1 is 0.652 bits per heavy atom. The summed E-state index contributed by atoms with van der Waals surface area (Å²) in [6.07, 6.45) is 0. The second kappa shape index (κ2) is 7.03.